The molecule has 10 aliphatic rings. The maximum atomic E-state index is 8.63. The number of rotatable bonds is 2. The molecule has 6 aromatic carbocycles. The molecule has 6 heteroatoms. The van der Waals surface area contributed by atoms with Crippen LogP contribution in [-0.2, 0) is 10.8 Å². The number of halogens is 3. The molecule has 0 saturated heterocycles. The highest BCUT2D eigenvalue weighted by molar-refractivity contribution is 6.58. The molecular formula is C56H52BCl3O2. The van der Waals surface area contributed by atoms with Gasteiger partial charge in [0.2, 0.25) is 0 Å². The van der Waals surface area contributed by atoms with Crippen LogP contribution in [0.3, 0.4) is 0 Å². The molecule has 0 amide bonds. The van der Waals surface area contributed by atoms with Gasteiger partial charge in [-0.05, 0) is 215 Å². The third-order valence-corrected chi connectivity index (χ3v) is 18.2. The Morgan fingerprint density at radius 3 is 1.21 bits per heavy atom. The van der Waals surface area contributed by atoms with Gasteiger partial charge in [-0.25, -0.2) is 0 Å². The maximum absolute atomic E-state index is 8.63. The van der Waals surface area contributed by atoms with Crippen LogP contribution in [0.5, 0.6) is 0 Å². The number of hydrogen-bond acceptors (Lipinski definition) is 2. The van der Waals surface area contributed by atoms with Crippen LogP contribution in [0, 0.1) is 47.3 Å². The molecule has 8 saturated carbocycles. The molecule has 0 radical (unpaired) electrons. The van der Waals surface area contributed by atoms with Gasteiger partial charge >= 0.3 is 7.12 Å². The van der Waals surface area contributed by atoms with Crippen molar-refractivity contribution in [1.29, 1.82) is 0 Å². The van der Waals surface area contributed by atoms with Gasteiger partial charge in [-0.15, -0.1) is 0 Å². The Hall–Kier alpha value is -3.83. The van der Waals surface area contributed by atoms with Crippen LogP contribution in [0.2, 0.25) is 15.1 Å². The first-order valence-corrected chi connectivity index (χ1v) is 24.3. The predicted molar refractivity (Wildman–Crippen MR) is 256 cm³/mol. The lowest BCUT2D eigenvalue weighted by Crippen LogP contribution is -2.55. The topological polar surface area (TPSA) is 40.5 Å². The van der Waals surface area contributed by atoms with Gasteiger partial charge in [0.05, 0.1) is 0 Å². The summed E-state index contributed by atoms with van der Waals surface area (Å²) in [6, 6.07) is 47.2. The van der Waals surface area contributed by atoms with E-state index in [0.29, 0.717) is 15.9 Å². The minimum atomic E-state index is -1.41. The molecule has 16 rings (SSSR count). The fourth-order valence-electron chi connectivity index (χ4n) is 15.7. The van der Waals surface area contributed by atoms with E-state index in [1.807, 2.05) is 12.1 Å². The zero-order valence-corrected chi connectivity index (χ0v) is 37.3. The minimum absolute atomic E-state index is 0.276. The van der Waals surface area contributed by atoms with E-state index in [1.165, 1.54) is 97.6 Å². The summed E-state index contributed by atoms with van der Waals surface area (Å²) in [7, 11) is -1.41. The van der Waals surface area contributed by atoms with Crippen LogP contribution in [-0.4, -0.2) is 17.2 Å². The van der Waals surface area contributed by atoms with Crippen molar-refractivity contribution in [2.24, 2.45) is 47.3 Å². The Labute approximate surface area is 381 Å². The lowest BCUT2D eigenvalue weighted by molar-refractivity contribution is -0.0399. The van der Waals surface area contributed by atoms with Gasteiger partial charge in [0, 0.05) is 25.9 Å². The third kappa shape index (κ3) is 6.05. The first kappa shape index (κ1) is 39.7. The molecule has 62 heavy (non-hydrogen) atoms. The Morgan fingerprint density at radius 1 is 0.371 bits per heavy atom. The Kier molecular flexibility index (Phi) is 9.70. The van der Waals surface area contributed by atoms with Crippen LogP contribution >= 0.6 is 34.8 Å². The lowest BCUT2D eigenvalue weighted by Gasteiger charge is -2.61. The summed E-state index contributed by atoms with van der Waals surface area (Å²) in [6.45, 7) is 0. The zero-order chi connectivity index (χ0) is 41.9. The van der Waals surface area contributed by atoms with Crippen molar-refractivity contribution >= 4 is 47.4 Å². The smallest absolute Gasteiger partial charge is 0.423 e. The lowest BCUT2D eigenvalue weighted by atomic mass is 9.43. The normalized spacial score (nSPS) is 31.4. The van der Waals surface area contributed by atoms with Gasteiger partial charge in [-0.3, -0.25) is 0 Å². The first-order chi connectivity index (χ1) is 30.2. The van der Waals surface area contributed by atoms with Crippen molar-refractivity contribution in [2.75, 3.05) is 0 Å². The average molecular weight is 874 g/mol. The summed E-state index contributed by atoms with van der Waals surface area (Å²) in [4.78, 5) is 0. The third-order valence-electron chi connectivity index (χ3n) is 17.4. The molecule has 10 aliphatic carbocycles. The molecule has 2 nitrogen and oxygen atoms in total. The number of benzene rings is 6. The van der Waals surface area contributed by atoms with Gasteiger partial charge in [0.25, 0.3) is 0 Å². The van der Waals surface area contributed by atoms with Crippen molar-refractivity contribution in [1.82, 2.24) is 0 Å². The molecule has 8 fully saturated rings. The first-order valence-electron chi connectivity index (χ1n) is 23.2. The molecule has 0 unspecified atom stereocenters. The predicted octanol–water partition coefficient (Wildman–Crippen LogP) is 13.8. The number of hydrogen-bond donors (Lipinski definition) is 2. The van der Waals surface area contributed by atoms with Crippen molar-refractivity contribution in [3.63, 3.8) is 0 Å². The summed E-state index contributed by atoms with van der Waals surface area (Å²) in [5.41, 5.74) is 15.9. The molecule has 0 aliphatic heterocycles. The van der Waals surface area contributed by atoms with Gasteiger partial charge in [0.15, 0.2) is 0 Å². The highest BCUT2D eigenvalue weighted by Crippen LogP contribution is 2.71. The number of fused-ring (bicyclic) bond motifs is 6. The van der Waals surface area contributed by atoms with Crippen molar-refractivity contribution in [2.45, 2.75) is 75.0 Å². The van der Waals surface area contributed by atoms with Crippen molar-refractivity contribution < 1.29 is 10.0 Å². The van der Waals surface area contributed by atoms with Gasteiger partial charge < -0.3 is 10.0 Å². The van der Waals surface area contributed by atoms with Gasteiger partial charge in [-0.2, -0.15) is 0 Å². The molecule has 0 aromatic heterocycles. The molecular weight excluding hydrogens is 822 g/mol. The van der Waals surface area contributed by atoms with E-state index in [9.17, 15) is 0 Å². The molecule has 2 spiro atoms. The monoisotopic (exact) mass is 872 g/mol. The highest BCUT2D eigenvalue weighted by Gasteiger charge is 2.63. The molecule has 2 N–H and O–H groups in total. The van der Waals surface area contributed by atoms with Crippen molar-refractivity contribution in [3.05, 3.63) is 171 Å². The van der Waals surface area contributed by atoms with E-state index < -0.39 is 7.12 Å². The van der Waals surface area contributed by atoms with Crippen LogP contribution < -0.4 is 5.46 Å². The summed E-state index contributed by atoms with van der Waals surface area (Å²) < 4.78 is 0. The Bertz CT molecular complexity index is 2630. The van der Waals surface area contributed by atoms with E-state index in [1.54, 1.807) is 46.5 Å². The summed E-state index contributed by atoms with van der Waals surface area (Å²) >= 11 is 18.0. The molecule has 6 aromatic rings. The summed E-state index contributed by atoms with van der Waals surface area (Å²) in [6.07, 6.45) is 14.6. The second-order valence-electron chi connectivity index (χ2n) is 20.3. The van der Waals surface area contributed by atoms with E-state index in [0.717, 1.165) is 57.4 Å². The van der Waals surface area contributed by atoms with E-state index >= 15 is 0 Å². The standard InChI is InChI=1S/C28H25Cl.C22H21Cl.C6H6BClO2/c29-23-8-5-19(6-9-23)20-7-10-27-25(16-20)24-3-1-2-4-26(24)28(27)21-12-17-11-18(14-21)15-22(28)13-17;23-17-5-6-21-19(12-17)18-3-1-2-4-20(18)22(21)15-8-13-7-14(10-15)11-16(22)9-13;8-6-3-1-5(2-4-6)7(9)10/h1-10,16-18,21-22H,11-15H2;1-6,12-16H,7-11H2;1-4,9-10H. The second-order valence-corrected chi connectivity index (χ2v) is 21.6. The van der Waals surface area contributed by atoms with Gasteiger partial charge in [0.1, 0.15) is 0 Å². The van der Waals surface area contributed by atoms with E-state index in [2.05, 4.69) is 97.1 Å². The van der Waals surface area contributed by atoms with Crippen LogP contribution in [0.1, 0.15) is 86.5 Å². The van der Waals surface area contributed by atoms with Gasteiger partial charge in [-0.1, -0.05) is 126 Å². The Morgan fingerprint density at radius 2 is 0.742 bits per heavy atom. The average Bonchev–Trinajstić information content (AvgIpc) is 3.73. The summed E-state index contributed by atoms with van der Waals surface area (Å²) in [5, 5.41) is 19.5. The highest BCUT2D eigenvalue weighted by atomic mass is 35.5. The molecule has 312 valence electrons. The van der Waals surface area contributed by atoms with E-state index in [4.69, 9.17) is 44.9 Å². The molecule has 0 heterocycles. The molecule has 8 bridgehead atoms. The largest absolute Gasteiger partial charge is 0.488 e. The van der Waals surface area contributed by atoms with Crippen LogP contribution in [0.25, 0.3) is 33.4 Å². The minimum Gasteiger partial charge on any atom is -0.423 e. The van der Waals surface area contributed by atoms with Crippen LogP contribution in [0.15, 0.2) is 133 Å². The second kappa shape index (κ2) is 15.1. The molecule has 0 atom stereocenters. The quantitative estimate of drug-likeness (QED) is 0.170. The zero-order valence-electron chi connectivity index (χ0n) is 35.0. The fraction of sp³-hybridized carbons (Fsp3) is 0.357. The maximum Gasteiger partial charge on any atom is 0.488 e. The van der Waals surface area contributed by atoms with Crippen molar-refractivity contribution in [3.8, 4) is 33.4 Å². The SMILES string of the molecule is Clc1ccc(-c2ccc3c(c2)-c2ccccc2C32C3CC4CC(C3)CC2C4)cc1.Clc1ccc2c(c1)-c1ccccc1C21C2CC3CC(C2)CC1C3.OB(O)c1ccc(Cl)cc1. The summed E-state index contributed by atoms with van der Waals surface area (Å²) in [5.74, 6) is 7.37. The Balaban J connectivity index is 0.000000111. The fourth-order valence-corrected chi connectivity index (χ4v) is 16.2. The van der Waals surface area contributed by atoms with Crippen LogP contribution in [0.4, 0.5) is 0 Å². The van der Waals surface area contributed by atoms with E-state index in [-0.39, 0.29) is 5.41 Å².